The Morgan fingerprint density at radius 2 is 0.857 bits per heavy atom. The molecule has 0 saturated carbocycles. The highest BCUT2D eigenvalue weighted by Gasteiger charge is 2.16. The fraction of sp³-hybridized carbons (Fsp3) is 0.455. The number of thioether (sulfide) groups is 2. The lowest BCUT2D eigenvalue weighted by Crippen LogP contribution is -2.14. The van der Waals surface area contributed by atoms with Gasteiger partial charge in [0.2, 0.25) is 0 Å². The molecule has 0 N–H and O–H groups in total. The fourth-order valence-electron chi connectivity index (χ4n) is 3.37. The van der Waals surface area contributed by atoms with E-state index in [1.807, 2.05) is 23.5 Å². The average Bonchev–Trinajstić information content (AvgIpc) is 2.71. The Morgan fingerprint density at radius 3 is 1.25 bits per heavy atom. The average molecular weight is 419 g/mol. The van der Waals surface area contributed by atoms with Crippen LogP contribution in [0.3, 0.4) is 0 Å². The van der Waals surface area contributed by atoms with Gasteiger partial charge in [-0.2, -0.15) is 23.5 Å². The van der Waals surface area contributed by atoms with E-state index in [-0.39, 0.29) is 0 Å². The Bertz CT molecular complexity index is 671. The Labute approximate surface area is 175 Å². The minimum atomic E-state index is 0.561. The van der Waals surface area contributed by atoms with Crippen molar-refractivity contribution in [2.45, 2.75) is 23.0 Å². The summed E-state index contributed by atoms with van der Waals surface area (Å²) in [6.07, 6.45) is 0. The lowest BCUT2D eigenvalue weighted by molar-refractivity contribution is 0.0271. The summed E-state index contributed by atoms with van der Waals surface area (Å²) >= 11 is 3.80. The number of rotatable bonds is 0. The molecule has 5 rings (SSSR count). The molecule has 3 aliphatic rings. The van der Waals surface area contributed by atoms with E-state index in [4.69, 9.17) is 18.9 Å². The second-order valence-corrected chi connectivity index (χ2v) is 8.69. The van der Waals surface area contributed by atoms with E-state index in [2.05, 4.69) is 36.4 Å². The topological polar surface area (TPSA) is 36.9 Å². The van der Waals surface area contributed by atoms with Crippen LogP contribution in [0.15, 0.2) is 36.4 Å². The monoisotopic (exact) mass is 418 g/mol. The van der Waals surface area contributed by atoms with Crippen molar-refractivity contribution in [2.24, 2.45) is 0 Å². The van der Waals surface area contributed by atoms with E-state index >= 15 is 0 Å². The van der Waals surface area contributed by atoms with Crippen molar-refractivity contribution in [3.8, 4) is 11.5 Å². The number of benzene rings is 2. The standard InChI is InChI=1S/C22H26O4S2/c1-3-17-13-27-15-19-5-2-6-20-16-28-14-18(4-1)21(17)25-11-9-23-7-8-24-10-12-26-22(19)20/h1-6H,7-16H2. The summed E-state index contributed by atoms with van der Waals surface area (Å²) in [6, 6.07) is 13.0. The molecular formula is C22H26O4S2. The van der Waals surface area contributed by atoms with Gasteiger partial charge in [-0.1, -0.05) is 36.4 Å². The number of ether oxygens (including phenoxy) is 4. The molecule has 0 aliphatic carbocycles. The molecule has 0 unspecified atom stereocenters. The van der Waals surface area contributed by atoms with E-state index < -0.39 is 0 Å². The summed E-state index contributed by atoms with van der Waals surface area (Å²) in [5.41, 5.74) is 5.04. The zero-order valence-corrected chi connectivity index (χ0v) is 17.6. The van der Waals surface area contributed by atoms with Gasteiger partial charge < -0.3 is 18.9 Å². The van der Waals surface area contributed by atoms with E-state index in [1.165, 1.54) is 22.3 Å². The van der Waals surface area contributed by atoms with Crippen LogP contribution in [0.2, 0.25) is 0 Å². The van der Waals surface area contributed by atoms with Gasteiger partial charge in [0.1, 0.15) is 24.7 Å². The predicted octanol–water partition coefficient (Wildman–Crippen LogP) is 4.67. The molecule has 3 heterocycles. The maximum Gasteiger partial charge on any atom is 0.127 e. The summed E-state index contributed by atoms with van der Waals surface area (Å²) in [4.78, 5) is 0. The highest BCUT2D eigenvalue weighted by atomic mass is 32.2. The van der Waals surface area contributed by atoms with Crippen LogP contribution >= 0.6 is 23.5 Å². The molecule has 3 aliphatic heterocycles. The summed E-state index contributed by atoms with van der Waals surface area (Å²) in [5, 5.41) is 0. The molecule has 0 atom stereocenters. The zero-order chi connectivity index (χ0) is 19.0. The first-order chi connectivity index (χ1) is 13.9. The second-order valence-electron chi connectivity index (χ2n) is 6.72. The maximum absolute atomic E-state index is 6.19. The summed E-state index contributed by atoms with van der Waals surface area (Å²) in [7, 11) is 0. The van der Waals surface area contributed by atoms with Crippen LogP contribution in [-0.2, 0) is 32.5 Å². The second kappa shape index (κ2) is 10.4. The van der Waals surface area contributed by atoms with Crippen LogP contribution in [0.4, 0.5) is 0 Å². The van der Waals surface area contributed by atoms with Gasteiger partial charge >= 0.3 is 0 Å². The molecular weight excluding hydrogens is 392 g/mol. The van der Waals surface area contributed by atoms with Gasteiger partial charge in [0.15, 0.2) is 0 Å². The molecule has 4 nitrogen and oxygen atoms in total. The molecule has 0 spiro atoms. The van der Waals surface area contributed by atoms with Gasteiger partial charge in [-0.25, -0.2) is 0 Å². The van der Waals surface area contributed by atoms with Crippen molar-refractivity contribution in [1.82, 2.24) is 0 Å². The number of para-hydroxylation sites is 2. The number of fused-ring (bicyclic) bond motifs is 13. The van der Waals surface area contributed by atoms with Crippen molar-refractivity contribution in [3.05, 3.63) is 58.7 Å². The van der Waals surface area contributed by atoms with E-state index in [0.717, 1.165) is 34.5 Å². The highest BCUT2D eigenvalue weighted by molar-refractivity contribution is 7.98. The quantitative estimate of drug-likeness (QED) is 0.579. The molecule has 6 bridgehead atoms. The third-order valence-electron chi connectivity index (χ3n) is 4.71. The van der Waals surface area contributed by atoms with E-state index in [1.54, 1.807) is 0 Å². The third-order valence-corrected chi connectivity index (χ3v) is 6.77. The fourth-order valence-corrected chi connectivity index (χ4v) is 5.36. The number of hydrogen-bond donors (Lipinski definition) is 0. The van der Waals surface area contributed by atoms with Crippen LogP contribution in [-0.4, -0.2) is 39.6 Å². The zero-order valence-electron chi connectivity index (χ0n) is 16.0. The van der Waals surface area contributed by atoms with Crippen molar-refractivity contribution >= 4 is 23.5 Å². The maximum atomic E-state index is 6.19. The van der Waals surface area contributed by atoms with Gasteiger partial charge in [-0.3, -0.25) is 0 Å². The molecule has 6 heteroatoms. The molecule has 0 aromatic heterocycles. The Balaban J connectivity index is 1.65. The van der Waals surface area contributed by atoms with Gasteiger partial charge in [-0.15, -0.1) is 0 Å². The first-order valence-electron chi connectivity index (χ1n) is 9.70. The summed E-state index contributed by atoms with van der Waals surface area (Å²) < 4.78 is 23.7. The van der Waals surface area contributed by atoms with Crippen LogP contribution in [0.1, 0.15) is 22.3 Å². The van der Waals surface area contributed by atoms with Crippen molar-refractivity contribution < 1.29 is 18.9 Å². The molecule has 0 amide bonds. The first kappa shape index (κ1) is 20.0. The third kappa shape index (κ3) is 5.17. The Morgan fingerprint density at radius 1 is 0.500 bits per heavy atom. The van der Waals surface area contributed by atoms with Crippen LogP contribution in [0.25, 0.3) is 0 Å². The first-order valence-corrected chi connectivity index (χ1v) is 12.0. The van der Waals surface area contributed by atoms with Crippen molar-refractivity contribution in [1.29, 1.82) is 0 Å². The normalized spacial score (nSPS) is 18.7. The van der Waals surface area contributed by atoms with Crippen LogP contribution in [0.5, 0.6) is 11.5 Å². The molecule has 0 radical (unpaired) electrons. The van der Waals surface area contributed by atoms with Crippen LogP contribution < -0.4 is 9.47 Å². The predicted molar refractivity (Wildman–Crippen MR) is 116 cm³/mol. The smallest absolute Gasteiger partial charge is 0.127 e. The largest absolute Gasteiger partial charge is 0.491 e. The molecule has 0 fully saturated rings. The minimum Gasteiger partial charge on any atom is -0.491 e. The molecule has 2 aromatic carbocycles. The van der Waals surface area contributed by atoms with E-state index in [9.17, 15) is 0 Å². The summed E-state index contributed by atoms with van der Waals surface area (Å²) in [6.45, 7) is 3.41. The SMILES string of the molecule is c1cc2c3c(c1)CSCc1cccc(c1OCCOCCOCCO3)CSC2. The van der Waals surface area contributed by atoms with Gasteiger partial charge in [0.25, 0.3) is 0 Å². The van der Waals surface area contributed by atoms with Crippen molar-refractivity contribution in [3.63, 3.8) is 0 Å². The highest BCUT2D eigenvalue weighted by Crippen LogP contribution is 2.37. The minimum absolute atomic E-state index is 0.561. The Hall–Kier alpha value is -1.34. The molecule has 150 valence electrons. The lowest BCUT2D eigenvalue weighted by atomic mass is 10.1. The van der Waals surface area contributed by atoms with Crippen LogP contribution in [0, 0.1) is 0 Å². The lowest BCUT2D eigenvalue weighted by Gasteiger charge is -2.19. The van der Waals surface area contributed by atoms with Crippen molar-refractivity contribution in [2.75, 3.05) is 39.6 Å². The number of hydrogen-bond acceptors (Lipinski definition) is 6. The molecule has 2 aromatic rings. The van der Waals surface area contributed by atoms with Gasteiger partial charge in [0, 0.05) is 45.3 Å². The van der Waals surface area contributed by atoms with E-state index in [0.29, 0.717) is 39.6 Å². The molecule has 0 saturated heterocycles. The van der Waals surface area contributed by atoms with Gasteiger partial charge in [0.05, 0.1) is 26.4 Å². The van der Waals surface area contributed by atoms with Gasteiger partial charge in [-0.05, 0) is 0 Å². The molecule has 28 heavy (non-hydrogen) atoms. The summed E-state index contributed by atoms with van der Waals surface area (Å²) in [5.74, 6) is 5.74. The Kier molecular flexibility index (Phi) is 7.44.